The quantitative estimate of drug-likeness (QED) is 0.844. The average molecular weight is 223 g/mol. The Morgan fingerprint density at radius 3 is 3.13 bits per heavy atom. The van der Waals surface area contributed by atoms with E-state index < -0.39 is 0 Å². The summed E-state index contributed by atoms with van der Waals surface area (Å²) in [5.41, 5.74) is 1.98. The van der Waals surface area contributed by atoms with Crippen LogP contribution in [0.3, 0.4) is 0 Å². The fourth-order valence-corrected chi connectivity index (χ4v) is 2.40. The van der Waals surface area contributed by atoms with Gasteiger partial charge in [-0.25, -0.2) is 4.98 Å². The zero-order valence-corrected chi connectivity index (χ0v) is 9.60. The molecule has 0 saturated carbocycles. The van der Waals surface area contributed by atoms with Crippen LogP contribution in [0.5, 0.6) is 0 Å². The Hall–Kier alpha value is -1.20. The van der Waals surface area contributed by atoms with Gasteiger partial charge in [0, 0.05) is 13.1 Å². The first-order chi connectivity index (χ1) is 7.24. The highest BCUT2D eigenvalue weighted by atomic mass is 32.1. The molecule has 5 heteroatoms. The van der Waals surface area contributed by atoms with E-state index in [1.54, 1.807) is 10.9 Å². The van der Waals surface area contributed by atoms with E-state index in [-0.39, 0.29) is 5.56 Å². The minimum atomic E-state index is 0.0633. The molecule has 15 heavy (non-hydrogen) atoms. The van der Waals surface area contributed by atoms with Gasteiger partial charge in [-0.1, -0.05) is 0 Å². The van der Waals surface area contributed by atoms with Gasteiger partial charge in [-0.2, -0.15) is 0 Å². The van der Waals surface area contributed by atoms with E-state index in [2.05, 4.69) is 10.3 Å². The normalized spacial score (nSPS) is 11.1. The van der Waals surface area contributed by atoms with E-state index in [1.807, 2.05) is 19.4 Å². The van der Waals surface area contributed by atoms with Gasteiger partial charge in [0.1, 0.15) is 4.70 Å². The van der Waals surface area contributed by atoms with Gasteiger partial charge in [0.15, 0.2) is 0 Å². The maximum atomic E-state index is 12.0. The molecule has 4 nitrogen and oxygen atoms in total. The third-order valence-corrected chi connectivity index (χ3v) is 3.40. The van der Waals surface area contributed by atoms with Crippen LogP contribution in [-0.4, -0.2) is 23.1 Å². The predicted molar refractivity (Wildman–Crippen MR) is 62.5 cm³/mol. The molecule has 2 rings (SSSR count). The summed E-state index contributed by atoms with van der Waals surface area (Å²) in [7, 11) is 1.87. The van der Waals surface area contributed by atoms with Gasteiger partial charge in [-0.15, -0.1) is 11.3 Å². The molecule has 1 N–H and O–H groups in total. The summed E-state index contributed by atoms with van der Waals surface area (Å²) < 4.78 is 2.40. The average Bonchev–Trinajstić information content (AvgIpc) is 2.61. The minimum Gasteiger partial charge on any atom is -0.318 e. The molecule has 0 aromatic carbocycles. The molecule has 0 amide bonds. The summed E-state index contributed by atoms with van der Waals surface area (Å²) in [6.07, 6.45) is 1.63. The molecule has 0 aliphatic carbocycles. The molecular formula is C10H13N3OS. The molecular weight excluding hydrogens is 210 g/mol. The molecule has 2 aromatic rings. The van der Waals surface area contributed by atoms with Crippen LogP contribution in [-0.2, 0) is 6.54 Å². The number of fused-ring (bicyclic) bond motifs is 1. The first-order valence-corrected chi connectivity index (χ1v) is 5.70. The Balaban J connectivity index is 2.51. The molecule has 2 aromatic heterocycles. The number of hydrogen-bond acceptors (Lipinski definition) is 4. The second-order valence-corrected chi connectivity index (χ2v) is 4.32. The molecule has 0 radical (unpaired) electrons. The van der Waals surface area contributed by atoms with Gasteiger partial charge in [0.05, 0.1) is 11.8 Å². The molecule has 0 bridgehead atoms. The SMILES string of the molecule is CNCCn1cnc2c(C)csc2c1=O. The molecule has 0 unspecified atom stereocenters. The molecule has 0 atom stereocenters. The van der Waals surface area contributed by atoms with Gasteiger partial charge in [0.25, 0.3) is 5.56 Å². The number of nitrogens with zero attached hydrogens (tertiary/aromatic N) is 2. The lowest BCUT2D eigenvalue weighted by molar-refractivity contribution is 0.622. The number of aromatic nitrogens is 2. The van der Waals surface area contributed by atoms with Crippen LogP contribution in [0.2, 0.25) is 0 Å². The Bertz CT molecular complexity index is 529. The monoisotopic (exact) mass is 223 g/mol. The molecule has 0 spiro atoms. The number of likely N-dealkylation sites (N-methyl/N-ethyl adjacent to an activating group) is 1. The topological polar surface area (TPSA) is 46.9 Å². The largest absolute Gasteiger partial charge is 0.318 e. The maximum absolute atomic E-state index is 12.0. The van der Waals surface area contributed by atoms with Crippen molar-refractivity contribution in [2.24, 2.45) is 0 Å². The highest BCUT2D eigenvalue weighted by Gasteiger charge is 2.07. The van der Waals surface area contributed by atoms with Crippen molar-refractivity contribution in [3.8, 4) is 0 Å². The zero-order chi connectivity index (χ0) is 10.8. The summed E-state index contributed by atoms with van der Waals surface area (Å²) in [4.78, 5) is 16.3. The Labute approximate surface area is 91.6 Å². The summed E-state index contributed by atoms with van der Waals surface area (Å²) >= 11 is 1.47. The van der Waals surface area contributed by atoms with Gasteiger partial charge in [0.2, 0.25) is 0 Å². The molecule has 0 aliphatic heterocycles. The van der Waals surface area contributed by atoms with Crippen molar-refractivity contribution in [2.45, 2.75) is 13.5 Å². The molecule has 0 saturated heterocycles. The van der Waals surface area contributed by atoms with E-state index in [9.17, 15) is 4.79 Å². The predicted octanol–water partition coefficient (Wildman–Crippen LogP) is 0.986. The van der Waals surface area contributed by atoms with Crippen molar-refractivity contribution in [1.29, 1.82) is 0 Å². The first kappa shape index (κ1) is 10.3. The number of nitrogens with one attached hydrogen (secondary N) is 1. The van der Waals surface area contributed by atoms with Gasteiger partial charge in [-0.3, -0.25) is 9.36 Å². The Kier molecular flexibility index (Phi) is 2.83. The van der Waals surface area contributed by atoms with Crippen LogP contribution < -0.4 is 10.9 Å². The summed E-state index contributed by atoms with van der Waals surface area (Å²) in [5, 5.41) is 4.99. The van der Waals surface area contributed by atoms with Gasteiger partial charge < -0.3 is 5.32 Å². The molecule has 0 aliphatic rings. The smallest absolute Gasteiger partial charge is 0.271 e. The second-order valence-electron chi connectivity index (χ2n) is 3.44. The minimum absolute atomic E-state index is 0.0633. The lowest BCUT2D eigenvalue weighted by atomic mass is 10.3. The molecule has 0 fully saturated rings. The number of rotatable bonds is 3. The van der Waals surface area contributed by atoms with E-state index in [0.29, 0.717) is 6.54 Å². The fourth-order valence-electron chi connectivity index (χ4n) is 1.45. The van der Waals surface area contributed by atoms with Gasteiger partial charge >= 0.3 is 0 Å². The van der Waals surface area contributed by atoms with E-state index in [4.69, 9.17) is 0 Å². The zero-order valence-electron chi connectivity index (χ0n) is 8.78. The Morgan fingerprint density at radius 1 is 1.60 bits per heavy atom. The van der Waals surface area contributed by atoms with Crippen molar-refractivity contribution in [1.82, 2.24) is 14.9 Å². The van der Waals surface area contributed by atoms with E-state index in [0.717, 1.165) is 22.3 Å². The van der Waals surface area contributed by atoms with Crippen LogP contribution in [0.1, 0.15) is 5.56 Å². The summed E-state index contributed by atoms with van der Waals surface area (Å²) in [5.74, 6) is 0. The third-order valence-electron chi connectivity index (χ3n) is 2.33. The molecule has 2 heterocycles. The number of hydrogen-bond donors (Lipinski definition) is 1. The van der Waals surface area contributed by atoms with Crippen LogP contribution >= 0.6 is 11.3 Å². The van der Waals surface area contributed by atoms with Crippen molar-refractivity contribution in [3.63, 3.8) is 0 Å². The second kappa shape index (κ2) is 4.12. The van der Waals surface area contributed by atoms with Crippen molar-refractivity contribution >= 4 is 21.6 Å². The number of aryl methyl sites for hydroxylation is 1. The standard InChI is InChI=1S/C10H13N3OS/c1-7-5-15-9-8(7)12-6-13(10(9)14)4-3-11-2/h5-6,11H,3-4H2,1-2H3. The van der Waals surface area contributed by atoms with E-state index >= 15 is 0 Å². The van der Waals surface area contributed by atoms with Crippen LogP contribution in [0, 0.1) is 6.92 Å². The van der Waals surface area contributed by atoms with Crippen LogP contribution in [0.4, 0.5) is 0 Å². The van der Waals surface area contributed by atoms with Crippen molar-refractivity contribution < 1.29 is 0 Å². The van der Waals surface area contributed by atoms with Gasteiger partial charge in [-0.05, 0) is 24.9 Å². The first-order valence-electron chi connectivity index (χ1n) is 4.82. The Morgan fingerprint density at radius 2 is 2.40 bits per heavy atom. The van der Waals surface area contributed by atoms with Crippen LogP contribution in [0.25, 0.3) is 10.2 Å². The maximum Gasteiger partial charge on any atom is 0.271 e. The number of thiophene rings is 1. The third kappa shape index (κ3) is 1.80. The van der Waals surface area contributed by atoms with E-state index in [1.165, 1.54) is 11.3 Å². The van der Waals surface area contributed by atoms with Crippen molar-refractivity contribution in [2.75, 3.05) is 13.6 Å². The molecule has 80 valence electrons. The fraction of sp³-hybridized carbons (Fsp3) is 0.400. The lowest BCUT2D eigenvalue weighted by Crippen LogP contribution is -2.25. The highest BCUT2D eigenvalue weighted by Crippen LogP contribution is 2.18. The highest BCUT2D eigenvalue weighted by molar-refractivity contribution is 7.17. The lowest BCUT2D eigenvalue weighted by Gasteiger charge is -2.03. The summed E-state index contributed by atoms with van der Waals surface area (Å²) in [6, 6.07) is 0. The van der Waals surface area contributed by atoms with Crippen LogP contribution in [0.15, 0.2) is 16.5 Å². The van der Waals surface area contributed by atoms with Crippen molar-refractivity contribution in [3.05, 3.63) is 27.6 Å². The summed E-state index contributed by atoms with van der Waals surface area (Å²) in [6.45, 7) is 3.41.